The third-order valence-corrected chi connectivity index (χ3v) is 4.90. The number of benzene rings is 1. The quantitative estimate of drug-likeness (QED) is 0.876. The Morgan fingerprint density at radius 2 is 2.24 bits per heavy atom. The third-order valence-electron chi connectivity index (χ3n) is 4.90. The molecule has 2 aliphatic rings. The zero-order chi connectivity index (χ0) is 14.7. The van der Waals surface area contributed by atoms with E-state index in [9.17, 15) is 14.3 Å². The second kappa shape index (κ2) is 4.24. The van der Waals surface area contributed by atoms with E-state index in [0.717, 1.165) is 24.1 Å². The molecule has 1 fully saturated rings. The molecule has 2 aromatic rings. The van der Waals surface area contributed by atoms with Crippen LogP contribution in [0.1, 0.15) is 40.5 Å². The molecule has 2 bridgehead atoms. The molecule has 2 unspecified atom stereocenters. The van der Waals surface area contributed by atoms with Gasteiger partial charge in [0.15, 0.2) is 0 Å². The number of para-hydroxylation sites is 1. The Morgan fingerprint density at radius 1 is 1.43 bits per heavy atom. The van der Waals surface area contributed by atoms with Gasteiger partial charge < -0.3 is 5.11 Å². The van der Waals surface area contributed by atoms with E-state index in [1.165, 1.54) is 6.07 Å². The van der Waals surface area contributed by atoms with Crippen LogP contribution in [0.2, 0.25) is 0 Å². The second-order valence-corrected chi connectivity index (χ2v) is 5.90. The van der Waals surface area contributed by atoms with Crippen LogP contribution in [0.15, 0.2) is 18.2 Å². The van der Waals surface area contributed by atoms with Gasteiger partial charge in [-0.25, -0.2) is 14.2 Å². The molecule has 1 saturated heterocycles. The Balaban J connectivity index is 2.11. The number of rotatable bonds is 1. The smallest absolute Gasteiger partial charge is 0.336 e. The summed E-state index contributed by atoms with van der Waals surface area (Å²) in [5, 5.41) is 10.1. The molecule has 1 aromatic carbocycles. The highest BCUT2D eigenvalue weighted by molar-refractivity contribution is 6.04. The van der Waals surface area contributed by atoms with E-state index in [4.69, 9.17) is 0 Å². The van der Waals surface area contributed by atoms with Gasteiger partial charge in [0.25, 0.3) is 0 Å². The van der Waals surface area contributed by atoms with Crippen molar-refractivity contribution < 1.29 is 14.3 Å². The van der Waals surface area contributed by atoms with Crippen molar-refractivity contribution in [2.75, 3.05) is 7.05 Å². The highest BCUT2D eigenvalue weighted by Gasteiger charge is 2.41. The van der Waals surface area contributed by atoms with Crippen LogP contribution in [0, 0.1) is 5.82 Å². The van der Waals surface area contributed by atoms with Crippen molar-refractivity contribution in [3.63, 3.8) is 0 Å². The molecule has 0 amide bonds. The lowest BCUT2D eigenvalue weighted by atomic mass is 9.91. The van der Waals surface area contributed by atoms with Gasteiger partial charge in [0, 0.05) is 35.1 Å². The predicted molar refractivity (Wildman–Crippen MR) is 75.9 cm³/mol. The minimum absolute atomic E-state index is 0.0880. The van der Waals surface area contributed by atoms with Crippen LogP contribution in [0.25, 0.3) is 10.9 Å². The van der Waals surface area contributed by atoms with E-state index < -0.39 is 11.8 Å². The van der Waals surface area contributed by atoms with Gasteiger partial charge in [0.05, 0.1) is 5.56 Å². The molecule has 1 N–H and O–H groups in total. The molecule has 0 aliphatic carbocycles. The molecule has 2 aliphatic heterocycles. The Morgan fingerprint density at radius 3 is 3.00 bits per heavy atom. The van der Waals surface area contributed by atoms with E-state index in [0.29, 0.717) is 17.8 Å². The number of nitrogens with zero attached hydrogens (tertiary/aromatic N) is 2. The fourth-order valence-electron chi connectivity index (χ4n) is 3.89. The second-order valence-electron chi connectivity index (χ2n) is 5.90. The maximum Gasteiger partial charge on any atom is 0.336 e. The first-order valence-corrected chi connectivity index (χ1v) is 7.14. The van der Waals surface area contributed by atoms with E-state index in [1.807, 2.05) is 7.05 Å². The lowest BCUT2D eigenvalue weighted by Gasteiger charge is -2.33. The van der Waals surface area contributed by atoms with Crippen molar-refractivity contribution in [3.8, 4) is 0 Å². The number of carbonyl (C=O) groups is 1. The molecule has 5 heteroatoms. The van der Waals surface area contributed by atoms with Crippen LogP contribution in [0.5, 0.6) is 0 Å². The molecule has 1 aromatic heterocycles. The summed E-state index contributed by atoms with van der Waals surface area (Å²) in [4.78, 5) is 18.5. The molecule has 4 rings (SSSR count). The molecular formula is C16H15FN2O2. The van der Waals surface area contributed by atoms with Crippen molar-refractivity contribution in [2.45, 2.75) is 31.3 Å². The van der Waals surface area contributed by atoms with E-state index in [1.54, 1.807) is 12.1 Å². The standard InChI is InChI=1S/C16H15FN2O2/c1-19-8-5-6-12(19)14-11(7-8)18-15-9(13(14)16(20)21)3-2-4-10(15)17/h2-4,8,12H,5-7H2,1H3,(H,20,21). The van der Waals surface area contributed by atoms with Gasteiger partial charge in [-0.2, -0.15) is 0 Å². The van der Waals surface area contributed by atoms with Gasteiger partial charge in [0.1, 0.15) is 11.3 Å². The fourth-order valence-corrected chi connectivity index (χ4v) is 3.89. The van der Waals surface area contributed by atoms with Crippen LogP contribution in [0.3, 0.4) is 0 Å². The molecule has 3 heterocycles. The number of pyridine rings is 1. The molecule has 0 radical (unpaired) electrons. The Kier molecular flexibility index (Phi) is 2.57. The number of likely N-dealkylation sites (N-methyl/N-ethyl adjacent to an activating group) is 1. The van der Waals surface area contributed by atoms with Crippen molar-refractivity contribution >= 4 is 16.9 Å². The molecule has 4 nitrogen and oxygen atoms in total. The molecule has 108 valence electrons. The summed E-state index contributed by atoms with van der Waals surface area (Å²) in [6, 6.07) is 5.00. The number of fused-ring (bicyclic) bond motifs is 5. The monoisotopic (exact) mass is 286 g/mol. The lowest BCUT2D eigenvalue weighted by Crippen LogP contribution is -2.36. The Labute approximate surface area is 121 Å². The molecule has 21 heavy (non-hydrogen) atoms. The summed E-state index contributed by atoms with van der Waals surface area (Å²) in [5.41, 5.74) is 1.96. The number of carboxylic acids is 1. The lowest BCUT2D eigenvalue weighted by molar-refractivity contribution is 0.0694. The summed E-state index contributed by atoms with van der Waals surface area (Å²) in [7, 11) is 2.03. The summed E-state index contributed by atoms with van der Waals surface area (Å²) in [5.74, 6) is -1.45. The number of hydrogen-bond acceptors (Lipinski definition) is 3. The predicted octanol–water partition coefficient (Wildman–Crippen LogP) is 2.76. The zero-order valence-corrected chi connectivity index (χ0v) is 11.6. The van der Waals surface area contributed by atoms with Crippen molar-refractivity contribution in [2.24, 2.45) is 0 Å². The van der Waals surface area contributed by atoms with Crippen LogP contribution < -0.4 is 0 Å². The Bertz CT molecular complexity index is 774. The van der Waals surface area contributed by atoms with Crippen molar-refractivity contribution in [3.05, 3.63) is 40.8 Å². The summed E-state index contributed by atoms with van der Waals surface area (Å²) < 4.78 is 14.0. The van der Waals surface area contributed by atoms with Crippen molar-refractivity contribution in [1.29, 1.82) is 0 Å². The van der Waals surface area contributed by atoms with Crippen LogP contribution in [-0.4, -0.2) is 34.0 Å². The van der Waals surface area contributed by atoms with Crippen LogP contribution in [-0.2, 0) is 6.42 Å². The number of carboxylic acid groups (broad SMARTS) is 1. The number of hydrogen-bond donors (Lipinski definition) is 1. The van der Waals surface area contributed by atoms with Gasteiger partial charge >= 0.3 is 5.97 Å². The SMILES string of the molecule is CN1C2CCC1c1c(nc3c(F)cccc3c1C(=O)O)C2. The molecule has 0 spiro atoms. The molecular weight excluding hydrogens is 271 g/mol. The van der Waals surface area contributed by atoms with E-state index in [2.05, 4.69) is 9.88 Å². The maximum atomic E-state index is 14.0. The summed E-state index contributed by atoms with van der Waals surface area (Å²) in [6.07, 6.45) is 2.68. The van der Waals surface area contributed by atoms with Gasteiger partial charge in [0.2, 0.25) is 0 Å². The minimum atomic E-state index is -0.997. The fraction of sp³-hybridized carbons (Fsp3) is 0.375. The summed E-state index contributed by atoms with van der Waals surface area (Å²) in [6.45, 7) is 0. The first-order chi connectivity index (χ1) is 10.1. The minimum Gasteiger partial charge on any atom is -0.478 e. The van der Waals surface area contributed by atoms with Gasteiger partial charge in [-0.1, -0.05) is 12.1 Å². The van der Waals surface area contributed by atoms with Crippen molar-refractivity contribution in [1.82, 2.24) is 9.88 Å². The Hall–Kier alpha value is -2.01. The molecule has 2 atom stereocenters. The number of aromatic carboxylic acids is 1. The van der Waals surface area contributed by atoms with Crippen LogP contribution in [0.4, 0.5) is 4.39 Å². The molecule has 0 saturated carbocycles. The topological polar surface area (TPSA) is 53.4 Å². The van der Waals surface area contributed by atoms with Gasteiger partial charge in [-0.3, -0.25) is 4.90 Å². The highest BCUT2D eigenvalue weighted by Crippen LogP contribution is 2.45. The first-order valence-electron chi connectivity index (χ1n) is 7.14. The van der Waals surface area contributed by atoms with Gasteiger partial charge in [-0.05, 0) is 26.0 Å². The maximum absolute atomic E-state index is 14.0. The number of aromatic nitrogens is 1. The third kappa shape index (κ3) is 1.64. The normalized spacial score (nSPS) is 24.3. The van der Waals surface area contributed by atoms with E-state index >= 15 is 0 Å². The van der Waals surface area contributed by atoms with E-state index in [-0.39, 0.29) is 17.1 Å². The average molecular weight is 286 g/mol. The van der Waals surface area contributed by atoms with Gasteiger partial charge in [-0.15, -0.1) is 0 Å². The average Bonchev–Trinajstić information content (AvgIpc) is 2.69. The zero-order valence-electron chi connectivity index (χ0n) is 11.6. The summed E-state index contributed by atoms with van der Waals surface area (Å²) >= 11 is 0. The highest BCUT2D eigenvalue weighted by atomic mass is 19.1. The van der Waals surface area contributed by atoms with Crippen LogP contribution >= 0.6 is 0 Å². The largest absolute Gasteiger partial charge is 0.478 e. The number of halogens is 1. The first kappa shape index (κ1) is 12.7.